The lowest BCUT2D eigenvalue weighted by Gasteiger charge is -2.62. The molecular formula is C28H39NO5. The van der Waals surface area contributed by atoms with E-state index in [-0.39, 0.29) is 16.7 Å². The van der Waals surface area contributed by atoms with Gasteiger partial charge in [-0.15, -0.1) is 0 Å². The van der Waals surface area contributed by atoms with E-state index in [1.807, 2.05) is 30.1 Å². The van der Waals surface area contributed by atoms with E-state index in [9.17, 15) is 14.7 Å². The first-order valence-electron chi connectivity index (χ1n) is 12.9. The number of likely N-dealkylation sites (tertiary alicyclic amines) is 1. The van der Waals surface area contributed by atoms with Crippen molar-refractivity contribution in [2.75, 3.05) is 21.3 Å². The second-order valence-electron chi connectivity index (χ2n) is 11.8. The Balaban J connectivity index is 1.57. The molecule has 0 radical (unpaired) electrons. The molecule has 1 N–H and O–H groups in total. The summed E-state index contributed by atoms with van der Waals surface area (Å²) in [6.45, 7) is 4.64. The first-order chi connectivity index (χ1) is 16.1. The molecule has 7 atom stereocenters. The van der Waals surface area contributed by atoms with E-state index in [1.54, 1.807) is 14.2 Å². The standard InChI is InChI=1S/C28H39NO5/c1-26-13-12-24(30)29(3)23(26)9-7-18-19(26)10-14-27(2)20(18)11-15-28(27,25(31)32)21-16-17(33-4)6-8-22(21)34-5/h6,8,16,18-20,23H,7,9-15H2,1-5H3,(H,31,32)/t18-,19-,20+,23?,26-,27+,28?/m1/s1. The van der Waals surface area contributed by atoms with Crippen LogP contribution in [0.1, 0.15) is 70.8 Å². The van der Waals surface area contributed by atoms with Crippen molar-refractivity contribution in [2.24, 2.45) is 28.6 Å². The van der Waals surface area contributed by atoms with E-state index in [1.165, 1.54) is 0 Å². The van der Waals surface area contributed by atoms with Crippen molar-refractivity contribution in [1.29, 1.82) is 0 Å². The zero-order valence-electron chi connectivity index (χ0n) is 21.2. The molecule has 2 unspecified atom stereocenters. The number of aliphatic carboxylic acids is 1. The summed E-state index contributed by atoms with van der Waals surface area (Å²) in [4.78, 5) is 27.7. The Kier molecular flexibility index (Phi) is 5.45. The number of hydrogen-bond acceptors (Lipinski definition) is 4. The van der Waals surface area contributed by atoms with Crippen molar-refractivity contribution in [1.82, 2.24) is 4.90 Å². The SMILES string of the molecule is COc1ccc(OC)c(C2(C(=O)O)CC[C@H]3[C@@H]4CCC5N(C)C(=O)CC[C@]5(C)[C@@H]4CC[C@@]32C)c1. The number of methoxy groups -OCH3 is 2. The van der Waals surface area contributed by atoms with E-state index in [2.05, 4.69) is 13.8 Å². The molecule has 1 aromatic carbocycles. The van der Waals surface area contributed by atoms with Gasteiger partial charge in [-0.3, -0.25) is 9.59 Å². The summed E-state index contributed by atoms with van der Waals surface area (Å²) < 4.78 is 11.2. The molecule has 0 aromatic heterocycles. The van der Waals surface area contributed by atoms with E-state index < -0.39 is 11.4 Å². The highest BCUT2D eigenvalue weighted by molar-refractivity contribution is 5.85. The lowest BCUT2D eigenvalue weighted by Crippen LogP contribution is -2.62. The van der Waals surface area contributed by atoms with Crippen molar-refractivity contribution >= 4 is 11.9 Å². The van der Waals surface area contributed by atoms with Crippen molar-refractivity contribution in [3.8, 4) is 11.5 Å². The molecule has 4 aliphatic rings. The molecule has 1 saturated heterocycles. The second kappa shape index (κ2) is 7.89. The molecule has 0 spiro atoms. The van der Waals surface area contributed by atoms with Gasteiger partial charge < -0.3 is 19.5 Å². The molecule has 186 valence electrons. The number of nitrogens with zero attached hydrogens (tertiary/aromatic N) is 1. The van der Waals surface area contributed by atoms with Crippen LogP contribution in [0.3, 0.4) is 0 Å². The molecule has 1 aromatic rings. The Bertz CT molecular complexity index is 1010. The van der Waals surface area contributed by atoms with Crippen LogP contribution in [0.4, 0.5) is 0 Å². The van der Waals surface area contributed by atoms with Crippen LogP contribution in [0.15, 0.2) is 18.2 Å². The molecule has 1 amide bonds. The lowest BCUT2D eigenvalue weighted by molar-refractivity contribution is -0.165. The maximum Gasteiger partial charge on any atom is 0.314 e. The molecule has 3 saturated carbocycles. The fourth-order valence-electron chi connectivity index (χ4n) is 9.25. The van der Waals surface area contributed by atoms with Crippen LogP contribution in [-0.4, -0.2) is 49.2 Å². The average Bonchev–Trinajstić information content (AvgIpc) is 3.15. The number of carbonyl (C=O) groups excluding carboxylic acids is 1. The van der Waals surface area contributed by atoms with Gasteiger partial charge in [0.1, 0.15) is 16.9 Å². The zero-order chi connectivity index (χ0) is 24.5. The summed E-state index contributed by atoms with van der Waals surface area (Å²) in [5.74, 6) is 2.22. The van der Waals surface area contributed by atoms with Crippen LogP contribution in [-0.2, 0) is 15.0 Å². The highest BCUT2D eigenvalue weighted by atomic mass is 16.5. The third-order valence-corrected chi connectivity index (χ3v) is 11.0. The number of carbonyl (C=O) groups is 2. The number of benzene rings is 1. The van der Waals surface area contributed by atoms with Crippen molar-refractivity contribution in [3.63, 3.8) is 0 Å². The van der Waals surface area contributed by atoms with Crippen LogP contribution < -0.4 is 9.47 Å². The fraction of sp³-hybridized carbons (Fsp3) is 0.714. The van der Waals surface area contributed by atoms with Crippen LogP contribution >= 0.6 is 0 Å². The van der Waals surface area contributed by atoms with Gasteiger partial charge in [-0.25, -0.2) is 0 Å². The Morgan fingerprint density at radius 2 is 1.76 bits per heavy atom. The molecule has 4 fully saturated rings. The van der Waals surface area contributed by atoms with Gasteiger partial charge in [-0.1, -0.05) is 13.8 Å². The summed E-state index contributed by atoms with van der Waals surface area (Å²) in [7, 11) is 5.22. The molecular weight excluding hydrogens is 430 g/mol. The Hall–Kier alpha value is -2.24. The van der Waals surface area contributed by atoms with Crippen molar-refractivity contribution < 1.29 is 24.2 Å². The summed E-state index contributed by atoms with van der Waals surface area (Å²) in [6, 6.07) is 5.89. The zero-order valence-corrected chi connectivity index (χ0v) is 21.2. The topological polar surface area (TPSA) is 76.1 Å². The van der Waals surface area contributed by atoms with Crippen molar-refractivity contribution in [3.05, 3.63) is 23.8 Å². The minimum absolute atomic E-state index is 0.120. The van der Waals surface area contributed by atoms with Crippen LogP contribution in [0.5, 0.6) is 11.5 Å². The van der Waals surface area contributed by atoms with Gasteiger partial charge in [0.05, 0.1) is 14.2 Å². The number of fused-ring (bicyclic) bond motifs is 5. The number of carboxylic acid groups (broad SMARTS) is 1. The minimum atomic E-state index is -1.00. The Morgan fingerprint density at radius 3 is 2.44 bits per heavy atom. The highest BCUT2D eigenvalue weighted by Gasteiger charge is 2.69. The van der Waals surface area contributed by atoms with Gasteiger partial charge in [0.25, 0.3) is 0 Å². The Labute approximate surface area is 203 Å². The van der Waals surface area contributed by atoms with Gasteiger partial charge in [0.15, 0.2) is 0 Å². The fourth-order valence-corrected chi connectivity index (χ4v) is 9.25. The Morgan fingerprint density at radius 1 is 1.03 bits per heavy atom. The molecule has 0 bridgehead atoms. The van der Waals surface area contributed by atoms with Gasteiger partial charge in [-0.05, 0) is 91.7 Å². The molecule has 3 aliphatic carbocycles. The van der Waals surface area contributed by atoms with E-state index in [0.29, 0.717) is 48.1 Å². The van der Waals surface area contributed by atoms with E-state index in [0.717, 1.165) is 44.1 Å². The number of rotatable bonds is 4. The predicted molar refractivity (Wildman–Crippen MR) is 129 cm³/mol. The first-order valence-corrected chi connectivity index (χ1v) is 12.9. The van der Waals surface area contributed by atoms with E-state index in [4.69, 9.17) is 9.47 Å². The van der Waals surface area contributed by atoms with Crippen LogP contribution in [0.2, 0.25) is 0 Å². The molecule has 1 aliphatic heterocycles. The largest absolute Gasteiger partial charge is 0.497 e. The quantitative estimate of drug-likeness (QED) is 0.680. The number of carboxylic acids is 1. The number of hydrogen-bond donors (Lipinski definition) is 1. The van der Waals surface area contributed by atoms with Crippen molar-refractivity contribution in [2.45, 2.75) is 76.7 Å². The maximum absolute atomic E-state index is 13.2. The minimum Gasteiger partial charge on any atom is -0.497 e. The lowest BCUT2D eigenvalue weighted by atomic mass is 9.44. The number of piperidine rings is 1. The van der Waals surface area contributed by atoms with Crippen LogP contribution in [0.25, 0.3) is 0 Å². The summed E-state index contributed by atoms with van der Waals surface area (Å²) in [5, 5.41) is 10.9. The smallest absolute Gasteiger partial charge is 0.314 e. The van der Waals surface area contributed by atoms with Gasteiger partial charge >= 0.3 is 5.97 Å². The molecule has 5 rings (SSSR count). The normalized spacial score (nSPS) is 41.3. The maximum atomic E-state index is 13.2. The number of ether oxygens (including phenoxy) is 2. The summed E-state index contributed by atoms with van der Waals surface area (Å²) >= 11 is 0. The highest BCUT2D eigenvalue weighted by Crippen LogP contribution is 2.70. The first kappa shape index (κ1) is 23.5. The molecule has 6 nitrogen and oxygen atoms in total. The third-order valence-electron chi connectivity index (χ3n) is 11.0. The van der Waals surface area contributed by atoms with Gasteiger partial charge in [-0.2, -0.15) is 0 Å². The molecule has 1 heterocycles. The number of amides is 1. The summed E-state index contributed by atoms with van der Waals surface area (Å²) in [6.07, 6.45) is 7.13. The molecule has 6 heteroatoms. The van der Waals surface area contributed by atoms with Gasteiger partial charge in [0.2, 0.25) is 5.91 Å². The third kappa shape index (κ3) is 2.86. The monoisotopic (exact) mass is 469 g/mol. The average molecular weight is 470 g/mol. The van der Waals surface area contributed by atoms with E-state index >= 15 is 0 Å². The van der Waals surface area contributed by atoms with Crippen LogP contribution in [0, 0.1) is 28.6 Å². The van der Waals surface area contributed by atoms with Gasteiger partial charge in [0, 0.05) is 25.1 Å². The molecule has 34 heavy (non-hydrogen) atoms. The summed E-state index contributed by atoms with van der Waals surface area (Å²) in [5.41, 5.74) is -0.485. The second-order valence-corrected chi connectivity index (χ2v) is 11.8. The predicted octanol–water partition coefficient (Wildman–Crippen LogP) is 4.89.